The molecule has 0 radical (unpaired) electrons. The smallest absolute Gasteiger partial charge is 0.407 e. The first-order valence-corrected chi connectivity index (χ1v) is 20.2. The van der Waals surface area contributed by atoms with E-state index in [0.29, 0.717) is 19.5 Å². The lowest BCUT2D eigenvalue weighted by atomic mass is 9.99. The predicted molar refractivity (Wildman–Crippen MR) is 212 cm³/mol. The van der Waals surface area contributed by atoms with Crippen LogP contribution in [0.15, 0.2) is 41.7 Å². The van der Waals surface area contributed by atoms with E-state index in [1.165, 1.54) is 33.9 Å². The van der Waals surface area contributed by atoms with E-state index in [-0.39, 0.29) is 35.7 Å². The van der Waals surface area contributed by atoms with Gasteiger partial charge in [-0.05, 0) is 78.1 Å². The number of likely N-dealkylation sites (tertiary alicyclic amines) is 2. The summed E-state index contributed by atoms with van der Waals surface area (Å²) in [6.45, 7) is 8.90. The lowest BCUT2D eigenvalue weighted by Crippen LogP contribution is -2.53. The largest absolute Gasteiger partial charge is 0.453 e. The van der Waals surface area contributed by atoms with Crippen LogP contribution in [0.5, 0.6) is 0 Å². The standard InChI is InChI=1S/C39H47N7O6S2/c1-20(2)33(43-38(49)51-5)36(47)45-11-7-9-27(45)25-13-24(18-40-25)31-16-22-14-30-23(15-29(22)53-31)17-32(54-30)26-19-41-35(42-26)28-10-8-12-46(28)37(48)34(21(3)4)44-39(50)52-6/h14-21,27-28,33-34H,7-13H2,1-6H3,(H,41,42)(H,43,49)(H,44,50)/t27-,28-,33-,34-/m0/s1. The Bertz CT molecular complexity index is 2100. The molecule has 1 aromatic carbocycles. The van der Waals surface area contributed by atoms with Crippen LogP contribution in [0.3, 0.4) is 0 Å². The lowest BCUT2D eigenvalue weighted by molar-refractivity contribution is -0.135. The third kappa shape index (κ3) is 7.35. The summed E-state index contributed by atoms with van der Waals surface area (Å²) in [6, 6.07) is 7.26. The Morgan fingerprint density at radius 2 is 1.33 bits per heavy atom. The fourth-order valence-electron chi connectivity index (χ4n) is 7.74. The number of amides is 4. The van der Waals surface area contributed by atoms with E-state index in [1.54, 1.807) is 22.7 Å². The minimum absolute atomic E-state index is 0.0831. The van der Waals surface area contributed by atoms with Gasteiger partial charge in [-0.1, -0.05) is 27.7 Å². The van der Waals surface area contributed by atoms with Gasteiger partial charge in [0.2, 0.25) is 11.8 Å². The van der Waals surface area contributed by atoms with Crippen molar-refractivity contribution < 1.29 is 28.7 Å². The Labute approximate surface area is 322 Å². The van der Waals surface area contributed by atoms with Crippen molar-refractivity contribution in [2.75, 3.05) is 27.3 Å². The van der Waals surface area contributed by atoms with Crippen molar-refractivity contribution in [1.82, 2.24) is 30.4 Å². The summed E-state index contributed by atoms with van der Waals surface area (Å²) in [6.07, 6.45) is 6.64. The molecular formula is C39H47N7O6S2. The number of benzene rings is 1. The molecule has 0 unspecified atom stereocenters. The zero-order valence-corrected chi connectivity index (χ0v) is 33.1. The third-order valence-electron chi connectivity index (χ3n) is 10.6. The Kier molecular flexibility index (Phi) is 10.8. The molecule has 3 N–H and O–H groups in total. The molecule has 0 bridgehead atoms. The number of rotatable bonds is 10. The number of alkyl carbamates (subject to hydrolysis) is 2. The van der Waals surface area contributed by atoms with Gasteiger partial charge in [0.05, 0.1) is 43.1 Å². The number of aromatic amines is 1. The monoisotopic (exact) mass is 773 g/mol. The molecule has 0 aliphatic carbocycles. The highest BCUT2D eigenvalue weighted by atomic mass is 32.1. The van der Waals surface area contributed by atoms with Crippen LogP contribution in [-0.4, -0.2) is 94.9 Å². The van der Waals surface area contributed by atoms with Gasteiger partial charge in [0.25, 0.3) is 0 Å². The first kappa shape index (κ1) is 37.6. The Hall–Kier alpha value is -4.76. The van der Waals surface area contributed by atoms with E-state index < -0.39 is 24.3 Å². The molecule has 4 aromatic rings. The fraction of sp³-hybridized carbons (Fsp3) is 0.487. The van der Waals surface area contributed by atoms with Crippen molar-refractivity contribution in [2.45, 2.75) is 84.0 Å². The topological polar surface area (TPSA) is 158 Å². The second-order valence-corrected chi connectivity index (χ2v) is 17.0. The van der Waals surface area contributed by atoms with Gasteiger partial charge in [-0.2, -0.15) is 0 Å². The summed E-state index contributed by atoms with van der Waals surface area (Å²) in [5.41, 5.74) is 3.04. The number of methoxy groups -OCH3 is 2. The molecular weight excluding hydrogens is 727 g/mol. The molecule has 7 rings (SSSR count). The van der Waals surface area contributed by atoms with Crippen molar-refractivity contribution in [2.24, 2.45) is 16.8 Å². The molecule has 2 fully saturated rings. The van der Waals surface area contributed by atoms with Crippen LogP contribution in [0.25, 0.3) is 36.3 Å². The van der Waals surface area contributed by atoms with Crippen LogP contribution in [-0.2, 0) is 19.1 Å². The number of hydrogen-bond donors (Lipinski definition) is 3. The first-order valence-electron chi connectivity index (χ1n) is 18.5. The summed E-state index contributed by atoms with van der Waals surface area (Å²) in [4.78, 5) is 70.1. The molecule has 54 heavy (non-hydrogen) atoms. The van der Waals surface area contributed by atoms with Crippen molar-refractivity contribution in [1.29, 1.82) is 0 Å². The number of fused-ring (bicyclic) bond motifs is 2. The summed E-state index contributed by atoms with van der Waals surface area (Å²) in [5, 5.41) is 7.75. The van der Waals surface area contributed by atoms with Gasteiger partial charge in [0, 0.05) is 45.7 Å². The van der Waals surface area contributed by atoms with Crippen LogP contribution in [0.2, 0.25) is 0 Å². The summed E-state index contributed by atoms with van der Waals surface area (Å²) in [5.74, 6) is 0.335. The number of imidazole rings is 1. The summed E-state index contributed by atoms with van der Waals surface area (Å²) in [7, 11) is 2.60. The molecule has 4 amide bonds. The molecule has 2 saturated heterocycles. The van der Waals surface area contributed by atoms with Crippen LogP contribution in [0.4, 0.5) is 9.59 Å². The second kappa shape index (κ2) is 15.5. The zero-order valence-electron chi connectivity index (χ0n) is 31.4. The van der Waals surface area contributed by atoms with E-state index in [2.05, 4.69) is 39.9 Å². The van der Waals surface area contributed by atoms with Gasteiger partial charge >= 0.3 is 12.2 Å². The maximum absolute atomic E-state index is 13.6. The van der Waals surface area contributed by atoms with Gasteiger partial charge in [-0.25, -0.2) is 14.6 Å². The molecule has 3 aliphatic rings. The van der Waals surface area contributed by atoms with Gasteiger partial charge in [0.15, 0.2) is 0 Å². The molecule has 0 spiro atoms. The highest BCUT2D eigenvalue weighted by molar-refractivity contribution is 7.23. The first-order chi connectivity index (χ1) is 25.9. The molecule has 3 aliphatic heterocycles. The Morgan fingerprint density at radius 1 is 0.796 bits per heavy atom. The second-order valence-electron chi connectivity index (χ2n) is 14.9. The number of carbonyl (C=O) groups is 4. The molecule has 0 saturated carbocycles. The van der Waals surface area contributed by atoms with E-state index in [1.807, 2.05) is 49.9 Å². The molecule has 3 aromatic heterocycles. The minimum Gasteiger partial charge on any atom is -0.453 e. The lowest BCUT2D eigenvalue weighted by Gasteiger charge is -2.31. The number of nitrogens with zero attached hydrogens (tertiary/aromatic N) is 4. The Balaban J connectivity index is 1.03. The van der Waals surface area contributed by atoms with E-state index in [4.69, 9.17) is 19.5 Å². The maximum Gasteiger partial charge on any atom is 0.407 e. The molecule has 4 atom stereocenters. The van der Waals surface area contributed by atoms with Crippen LogP contribution in [0.1, 0.15) is 76.5 Å². The van der Waals surface area contributed by atoms with Crippen LogP contribution >= 0.6 is 22.7 Å². The highest BCUT2D eigenvalue weighted by Crippen LogP contribution is 2.41. The zero-order chi connectivity index (χ0) is 38.3. The fourth-order valence-corrected chi connectivity index (χ4v) is 9.90. The van der Waals surface area contributed by atoms with E-state index in [0.717, 1.165) is 58.7 Å². The SMILES string of the molecule is COC(=O)N[C@H](C(=O)N1CCC[C@H]1C1=NC=C(c2cc3cc4sc(-c5cnc([C@@H]6CCCN6C(=O)[C@@H](NC(=O)OC)C(C)C)[nH]5)cc4cc3s2)C1)C(C)C. The number of thiophene rings is 2. The van der Waals surface area contributed by atoms with Gasteiger partial charge < -0.3 is 34.9 Å². The van der Waals surface area contributed by atoms with Gasteiger partial charge in [0.1, 0.15) is 17.9 Å². The predicted octanol–water partition coefficient (Wildman–Crippen LogP) is 7.11. The average Bonchev–Trinajstić information content (AvgIpc) is 4.00. The maximum atomic E-state index is 13.6. The molecule has 286 valence electrons. The summed E-state index contributed by atoms with van der Waals surface area (Å²) >= 11 is 3.45. The van der Waals surface area contributed by atoms with Crippen molar-refractivity contribution in [3.63, 3.8) is 0 Å². The minimum atomic E-state index is -0.682. The number of nitrogens with one attached hydrogen (secondary N) is 3. The number of aliphatic imine (C=N–C) groups is 1. The van der Waals surface area contributed by atoms with Gasteiger partial charge in [-0.3, -0.25) is 14.6 Å². The number of hydrogen-bond acceptors (Lipinski definition) is 10. The quantitative estimate of drug-likeness (QED) is 0.155. The Morgan fingerprint density at radius 3 is 1.91 bits per heavy atom. The van der Waals surface area contributed by atoms with Gasteiger partial charge in [-0.15, -0.1) is 22.7 Å². The number of carbonyl (C=O) groups excluding carboxylic acids is 4. The number of allylic oxidation sites excluding steroid dienone is 1. The van der Waals surface area contributed by atoms with Crippen LogP contribution < -0.4 is 10.6 Å². The third-order valence-corrected chi connectivity index (χ3v) is 12.9. The van der Waals surface area contributed by atoms with Crippen molar-refractivity contribution >= 4 is 78.1 Å². The van der Waals surface area contributed by atoms with E-state index in [9.17, 15) is 19.2 Å². The average molecular weight is 774 g/mol. The number of ether oxygens (including phenoxy) is 2. The summed E-state index contributed by atoms with van der Waals surface area (Å²) < 4.78 is 11.9. The molecule has 6 heterocycles. The normalized spacial score (nSPS) is 19.8. The number of H-pyrrole nitrogens is 1. The highest BCUT2D eigenvalue weighted by Gasteiger charge is 2.39. The van der Waals surface area contributed by atoms with Crippen LogP contribution in [0, 0.1) is 11.8 Å². The number of aromatic nitrogens is 2. The van der Waals surface area contributed by atoms with Crippen molar-refractivity contribution in [3.8, 4) is 10.6 Å². The van der Waals surface area contributed by atoms with Crippen molar-refractivity contribution in [3.05, 3.63) is 47.4 Å². The molecule has 13 nitrogen and oxygen atoms in total. The van der Waals surface area contributed by atoms with E-state index >= 15 is 0 Å². The molecule has 15 heteroatoms.